The lowest BCUT2D eigenvalue weighted by Crippen LogP contribution is -2.25. The molecule has 1 N–H and O–H groups in total. The van der Waals surface area contributed by atoms with Crippen LogP contribution in [-0.2, 0) is 0 Å². The van der Waals surface area contributed by atoms with Crippen LogP contribution in [0.3, 0.4) is 0 Å². The van der Waals surface area contributed by atoms with Gasteiger partial charge in [0.2, 0.25) is 0 Å². The van der Waals surface area contributed by atoms with Gasteiger partial charge >= 0.3 is 0 Å². The van der Waals surface area contributed by atoms with E-state index in [9.17, 15) is 0 Å². The zero-order valence-electron chi connectivity index (χ0n) is 11.0. The first kappa shape index (κ1) is 12.9. The molecule has 0 saturated carbocycles. The van der Waals surface area contributed by atoms with Crippen molar-refractivity contribution in [2.45, 2.75) is 19.3 Å². The van der Waals surface area contributed by atoms with E-state index in [1.54, 1.807) is 6.20 Å². The molecule has 0 saturated heterocycles. The van der Waals surface area contributed by atoms with Crippen LogP contribution in [-0.4, -0.2) is 41.8 Å². The SMILES string of the molecule is C=CCCCOc1cn[nH]c1C1=CCCN(C)C1. The zero-order valence-corrected chi connectivity index (χ0v) is 11.0. The van der Waals surface area contributed by atoms with E-state index in [4.69, 9.17) is 4.74 Å². The topological polar surface area (TPSA) is 41.1 Å². The summed E-state index contributed by atoms with van der Waals surface area (Å²) in [7, 11) is 2.13. The van der Waals surface area contributed by atoms with Gasteiger partial charge in [0, 0.05) is 13.1 Å². The summed E-state index contributed by atoms with van der Waals surface area (Å²) in [6.45, 7) is 6.48. The Bertz CT molecular complexity index is 422. The molecule has 1 aromatic heterocycles. The van der Waals surface area contributed by atoms with E-state index in [1.807, 2.05) is 6.08 Å². The average Bonchev–Trinajstić information content (AvgIpc) is 2.83. The predicted molar refractivity (Wildman–Crippen MR) is 73.6 cm³/mol. The van der Waals surface area contributed by atoms with Gasteiger partial charge in [-0.3, -0.25) is 5.10 Å². The van der Waals surface area contributed by atoms with Gasteiger partial charge in [-0.1, -0.05) is 12.2 Å². The summed E-state index contributed by atoms with van der Waals surface area (Å²) in [5.74, 6) is 0.862. The first-order valence-corrected chi connectivity index (χ1v) is 6.46. The van der Waals surface area contributed by atoms with Crippen LogP contribution in [0.4, 0.5) is 0 Å². The van der Waals surface area contributed by atoms with E-state index in [1.165, 1.54) is 5.57 Å². The number of ether oxygens (including phenoxy) is 1. The van der Waals surface area contributed by atoms with Gasteiger partial charge in [-0.25, -0.2) is 0 Å². The summed E-state index contributed by atoms with van der Waals surface area (Å²) in [5, 5.41) is 7.14. The van der Waals surface area contributed by atoms with E-state index >= 15 is 0 Å². The monoisotopic (exact) mass is 247 g/mol. The van der Waals surface area contributed by atoms with E-state index in [-0.39, 0.29) is 0 Å². The molecule has 0 bridgehead atoms. The fourth-order valence-corrected chi connectivity index (χ4v) is 2.10. The number of hydrogen-bond acceptors (Lipinski definition) is 3. The lowest BCUT2D eigenvalue weighted by molar-refractivity contribution is 0.310. The molecule has 98 valence electrons. The van der Waals surface area contributed by atoms with Crippen LogP contribution in [0.2, 0.25) is 0 Å². The molecule has 1 aliphatic rings. The van der Waals surface area contributed by atoms with Crippen LogP contribution in [0.25, 0.3) is 5.57 Å². The maximum atomic E-state index is 5.77. The highest BCUT2D eigenvalue weighted by Crippen LogP contribution is 2.26. The molecule has 0 spiro atoms. The van der Waals surface area contributed by atoms with E-state index in [0.29, 0.717) is 6.61 Å². The summed E-state index contributed by atoms with van der Waals surface area (Å²) in [6.07, 6.45) is 9.01. The quantitative estimate of drug-likeness (QED) is 0.620. The van der Waals surface area contributed by atoms with Gasteiger partial charge in [-0.05, 0) is 31.9 Å². The first-order chi connectivity index (χ1) is 8.81. The van der Waals surface area contributed by atoms with Crippen LogP contribution < -0.4 is 4.74 Å². The molecule has 0 radical (unpaired) electrons. The molecule has 0 amide bonds. The smallest absolute Gasteiger partial charge is 0.164 e. The number of nitrogens with zero attached hydrogens (tertiary/aromatic N) is 2. The lowest BCUT2D eigenvalue weighted by Gasteiger charge is -2.22. The van der Waals surface area contributed by atoms with Crippen molar-refractivity contribution in [2.75, 3.05) is 26.7 Å². The number of aromatic amines is 1. The minimum absolute atomic E-state index is 0.710. The van der Waals surface area contributed by atoms with E-state index < -0.39 is 0 Å². The molecule has 0 aliphatic carbocycles. The van der Waals surface area contributed by atoms with Gasteiger partial charge in [0.25, 0.3) is 0 Å². The summed E-state index contributed by atoms with van der Waals surface area (Å²) in [6, 6.07) is 0. The Kier molecular flexibility index (Phi) is 4.59. The van der Waals surface area contributed by atoms with Gasteiger partial charge in [-0.15, -0.1) is 6.58 Å². The maximum absolute atomic E-state index is 5.77. The Morgan fingerprint density at radius 3 is 3.28 bits per heavy atom. The van der Waals surface area contributed by atoms with Crippen LogP contribution in [0.5, 0.6) is 5.75 Å². The van der Waals surface area contributed by atoms with Gasteiger partial charge in [0.05, 0.1) is 12.8 Å². The van der Waals surface area contributed by atoms with E-state index in [2.05, 4.69) is 34.8 Å². The lowest BCUT2D eigenvalue weighted by atomic mass is 10.1. The summed E-state index contributed by atoms with van der Waals surface area (Å²) < 4.78 is 5.77. The molecule has 0 unspecified atom stereocenters. The number of aromatic nitrogens is 2. The fraction of sp³-hybridized carbons (Fsp3) is 0.500. The Morgan fingerprint density at radius 2 is 2.50 bits per heavy atom. The molecule has 2 rings (SSSR count). The molecule has 0 fully saturated rings. The Labute approximate surface area is 108 Å². The van der Waals surface area contributed by atoms with Gasteiger partial charge in [-0.2, -0.15) is 5.10 Å². The minimum atomic E-state index is 0.710. The normalized spacial score (nSPS) is 16.4. The molecule has 0 atom stereocenters. The predicted octanol–water partition coefficient (Wildman–Crippen LogP) is 2.47. The third-order valence-electron chi connectivity index (χ3n) is 3.08. The average molecular weight is 247 g/mol. The van der Waals surface area contributed by atoms with E-state index in [0.717, 1.165) is 43.8 Å². The van der Waals surface area contributed by atoms with Crippen molar-refractivity contribution < 1.29 is 4.74 Å². The highest BCUT2D eigenvalue weighted by atomic mass is 16.5. The van der Waals surface area contributed by atoms with Crippen LogP contribution in [0.15, 0.2) is 24.9 Å². The number of hydrogen-bond donors (Lipinski definition) is 1. The second-order valence-electron chi connectivity index (χ2n) is 4.64. The van der Waals surface area contributed by atoms with Crippen molar-refractivity contribution in [3.05, 3.63) is 30.6 Å². The van der Waals surface area contributed by atoms with Gasteiger partial charge in [0.15, 0.2) is 5.75 Å². The Morgan fingerprint density at radius 1 is 1.61 bits per heavy atom. The van der Waals surface area contributed by atoms with Crippen molar-refractivity contribution in [1.82, 2.24) is 15.1 Å². The molecular weight excluding hydrogens is 226 g/mol. The molecule has 1 aliphatic heterocycles. The number of allylic oxidation sites excluding steroid dienone is 1. The molecule has 18 heavy (non-hydrogen) atoms. The third kappa shape index (κ3) is 3.23. The number of H-pyrrole nitrogens is 1. The third-order valence-corrected chi connectivity index (χ3v) is 3.08. The largest absolute Gasteiger partial charge is 0.490 e. The summed E-state index contributed by atoms with van der Waals surface area (Å²) in [5.41, 5.74) is 2.31. The molecular formula is C14H21N3O. The molecule has 1 aromatic rings. The number of nitrogens with one attached hydrogen (secondary N) is 1. The Balaban J connectivity index is 1.98. The molecule has 0 aromatic carbocycles. The van der Waals surface area contributed by atoms with Crippen molar-refractivity contribution in [2.24, 2.45) is 0 Å². The highest BCUT2D eigenvalue weighted by molar-refractivity contribution is 5.69. The molecule has 4 nitrogen and oxygen atoms in total. The fourth-order valence-electron chi connectivity index (χ4n) is 2.10. The first-order valence-electron chi connectivity index (χ1n) is 6.46. The standard InChI is InChI=1S/C14H21N3O/c1-3-4-5-9-18-13-10-15-16-14(13)12-7-6-8-17(2)11-12/h3,7,10H,1,4-6,8-9,11H2,2H3,(H,15,16). The number of unbranched alkanes of at least 4 members (excludes halogenated alkanes) is 1. The Hall–Kier alpha value is -1.55. The number of rotatable bonds is 6. The summed E-state index contributed by atoms with van der Waals surface area (Å²) >= 11 is 0. The van der Waals surface area contributed by atoms with Crippen molar-refractivity contribution >= 4 is 5.57 Å². The second-order valence-corrected chi connectivity index (χ2v) is 4.64. The van der Waals surface area contributed by atoms with Crippen LogP contribution in [0, 0.1) is 0 Å². The maximum Gasteiger partial charge on any atom is 0.164 e. The van der Waals surface area contributed by atoms with Crippen LogP contribution >= 0.6 is 0 Å². The van der Waals surface area contributed by atoms with Crippen molar-refractivity contribution in [1.29, 1.82) is 0 Å². The van der Waals surface area contributed by atoms with Crippen molar-refractivity contribution in [3.63, 3.8) is 0 Å². The second kappa shape index (κ2) is 6.40. The van der Waals surface area contributed by atoms with Crippen molar-refractivity contribution in [3.8, 4) is 5.75 Å². The number of likely N-dealkylation sites (N-methyl/N-ethyl adjacent to an activating group) is 1. The van der Waals surface area contributed by atoms with Gasteiger partial charge in [0.1, 0.15) is 5.69 Å². The molecule has 2 heterocycles. The highest BCUT2D eigenvalue weighted by Gasteiger charge is 2.16. The van der Waals surface area contributed by atoms with Gasteiger partial charge < -0.3 is 9.64 Å². The van der Waals surface area contributed by atoms with Crippen LogP contribution in [0.1, 0.15) is 25.0 Å². The zero-order chi connectivity index (χ0) is 12.8. The minimum Gasteiger partial charge on any atom is -0.490 e. The summed E-state index contributed by atoms with van der Waals surface area (Å²) in [4.78, 5) is 2.30. The molecule has 4 heteroatoms.